The standard InChI is InChI=1S/C17H22N2O/c1-13(2)18-11-15-7-5-9-17(10-15)20-12-16-8-4-6-14(3)19-16/h4-10,13,18H,11-12H2,1-3H3. The van der Waals surface area contributed by atoms with Crippen LogP contribution < -0.4 is 10.1 Å². The van der Waals surface area contributed by atoms with Crippen molar-refractivity contribution in [1.29, 1.82) is 0 Å². The van der Waals surface area contributed by atoms with Gasteiger partial charge in [-0.05, 0) is 36.8 Å². The number of pyridine rings is 1. The fourth-order valence-electron chi connectivity index (χ4n) is 1.90. The van der Waals surface area contributed by atoms with Crippen LogP contribution in [0.2, 0.25) is 0 Å². The fourth-order valence-corrected chi connectivity index (χ4v) is 1.90. The van der Waals surface area contributed by atoms with E-state index in [-0.39, 0.29) is 0 Å². The Kier molecular flexibility index (Phi) is 5.13. The SMILES string of the molecule is Cc1cccc(COc2cccc(CNC(C)C)c2)n1. The van der Waals surface area contributed by atoms with Crippen LogP contribution in [-0.4, -0.2) is 11.0 Å². The first kappa shape index (κ1) is 14.5. The van der Waals surface area contributed by atoms with Gasteiger partial charge < -0.3 is 10.1 Å². The van der Waals surface area contributed by atoms with E-state index < -0.39 is 0 Å². The number of benzene rings is 1. The number of aryl methyl sites for hydroxylation is 1. The highest BCUT2D eigenvalue weighted by atomic mass is 16.5. The van der Waals surface area contributed by atoms with E-state index in [4.69, 9.17) is 4.74 Å². The Morgan fingerprint density at radius 2 is 1.95 bits per heavy atom. The number of rotatable bonds is 6. The molecule has 20 heavy (non-hydrogen) atoms. The maximum absolute atomic E-state index is 5.80. The molecule has 0 spiro atoms. The van der Waals surface area contributed by atoms with E-state index in [0.29, 0.717) is 12.6 Å². The topological polar surface area (TPSA) is 34.1 Å². The Balaban J connectivity index is 1.94. The third-order valence-corrected chi connectivity index (χ3v) is 2.95. The van der Waals surface area contributed by atoms with Crippen LogP contribution in [-0.2, 0) is 13.2 Å². The van der Waals surface area contributed by atoms with Crippen LogP contribution in [0.4, 0.5) is 0 Å². The average Bonchev–Trinajstić information content (AvgIpc) is 2.43. The zero-order valence-corrected chi connectivity index (χ0v) is 12.4. The molecular weight excluding hydrogens is 248 g/mol. The Bertz CT molecular complexity index is 552. The van der Waals surface area contributed by atoms with Gasteiger partial charge in [0.05, 0.1) is 5.69 Å². The second-order valence-electron chi connectivity index (χ2n) is 5.24. The molecule has 2 rings (SSSR count). The third-order valence-electron chi connectivity index (χ3n) is 2.95. The van der Waals surface area contributed by atoms with Gasteiger partial charge in [-0.1, -0.05) is 32.0 Å². The lowest BCUT2D eigenvalue weighted by Crippen LogP contribution is -2.21. The fraction of sp³-hybridized carbons (Fsp3) is 0.353. The van der Waals surface area contributed by atoms with E-state index in [2.05, 4.69) is 36.3 Å². The van der Waals surface area contributed by atoms with Crippen molar-refractivity contribution in [3.8, 4) is 5.75 Å². The minimum absolute atomic E-state index is 0.482. The highest BCUT2D eigenvalue weighted by molar-refractivity contribution is 5.28. The molecule has 1 aromatic heterocycles. The second-order valence-corrected chi connectivity index (χ2v) is 5.24. The highest BCUT2D eigenvalue weighted by Crippen LogP contribution is 2.15. The first-order valence-corrected chi connectivity index (χ1v) is 7.01. The number of ether oxygens (including phenoxy) is 1. The molecule has 1 aromatic carbocycles. The first-order chi connectivity index (χ1) is 9.63. The number of hydrogen-bond acceptors (Lipinski definition) is 3. The molecule has 3 nitrogen and oxygen atoms in total. The molecule has 0 radical (unpaired) electrons. The van der Waals surface area contributed by atoms with Gasteiger partial charge in [-0.2, -0.15) is 0 Å². The molecule has 0 fully saturated rings. The molecule has 0 aliphatic rings. The van der Waals surface area contributed by atoms with Crippen LogP contribution in [0.25, 0.3) is 0 Å². The summed E-state index contributed by atoms with van der Waals surface area (Å²) in [6.07, 6.45) is 0. The minimum Gasteiger partial charge on any atom is -0.487 e. The monoisotopic (exact) mass is 270 g/mol. The largest absolute Gasteiger partial charge is 0.487 e. The molecule has 0 unspecified atom stereocenters. The number of nitrogens with one attached hydrogen (secondary N) is 1. The Hall–Kier alpha value is -1.87. The zero-order valence-electron chi connectivity index (χ0n) is 12.4. The van der Waals surface area contributed by atoms with Crippen molar-refractivity contribution in [2.45, 2.75) is 40.0 Å². The van der Waals surface area contributed by atoms with Gasteiger partial charge in [-0.3, -0.25) is 4.98 Å². The lowest BCUT2D eigenvalue weighted by atomic mass is 10.2. The van der Waals surface area contributed by atoms with Crippen molar-refractivity contribution in [2.75, 3.05) is 0 Å². The molecule has 0 amide bonds. The Labute approximate surface area is 121 Å². The van der Waals surface area contributed by atoms with Gasteiger partial charge in [0.25, 0.3) is 0 Å². The van der Waals surface area contributed by atoms with Gasteiger partial charge >= 0.3 is 0 Å². The summed E-state index contributed by atoms with van der Waals surface area (Å²) >= 11 is 0. The van der Waals surface area contributed by atoms with E-state index in [9.17, 15) is 0 Å². The lowest BCUT2D eigenvalue weighted by molar-refractivity contribution is 0.300. The molecule has 1 N–H and O–H groups in total. The summed E-state index contributed by atoms with van der Waals surface area (Å²) in [5.74, 6) is 0.886. The second kappa shape index (κ2) is 7.06. The van der Waals surface area contributed by atoms with E-state index in [0.717, 1.165) is 23.7 Å². The summed E-state index contributed by atoms with van der Waals surface area (Å²) in [6, 6.07) is 14.6. The minimum atomic E-state index is 0.482. The molecule has 0 atom stereocenters. The van der Waals surface area contributed by atoms with Crippen LogP contribution in [0.1, 0.15) is 30.8 Å². The van der Waals surface area contributed by atoms with Crippen molar-refractivity contribution in [3.63, 3.8) is 0 Å². The maximum Gasteiger partial charge on any atom is 0.130 e. The lowest BCUT2D eigenvalue weighted by Gasteiger charge is -2.10. The zero-order chi connectivity index (χ0) is 14.4. The molecule has 0 saturated heterocycles. The van der Waals surface area contributed by atoms with Crippen molar-refractivity contribution >= 4 is 0 Å². The molecule has 0 bridgehead atoms. The van der Waals surface area contributed by atoms with Crippen molar-refractivity contribution in [3.05, 3.63) is 59.4 Å². The third kappa shape index (κ3) is 4.67. The maximum atomic E-state index is 5.80. The molecule has 1 heterocycles. The van der Waals surface area contributed by atoms with Crippen LogP contribution in [0.5, 0.6) is 5.75 Å². The van der Waals surface area contributed by atoms with Crippen LogP contribution >= 0.6 is 0 Å². The smallest absolute Gasteiger partial charge is 0.130 e. The van der Waals surface area contributed by atoms with Gasteiger partial charge in [0.15, 0.2) is 0 Å². The van der Waals surface area contributed by atoms with E-state index in [1.807, 2.05) is 37.3 Å². The van der Waals surface area contributed by atoms with Gasteiger partial charge in [0.2, 0.25) is 0 Å². The van der Waals surface area contributed by atoms with E-state index in [1.54, 1.807) is 0 Å². The molecule has 0 aliphatic heterocycles. The summed E-state index contributed by atoms with van der Waals surface area (Å²) in [6.45, 7) is 7.63. The first-order valence-electron chi connectivity index (χ1n) is 7.01. The van der Waals surface area contributed by atoms with Crippen molar-refractivity contribution in [2.24, 2.45) is 0 Å². The predicted molar refractivity (Wildman–Crippen MR) is 81.7 cm³/mol. The van der Waals surface area contributed by atoms with Gasteiger partial charge in [-0.15, -0.1) is 0 Å². The quantitative estimate of drug-likeness (QED) is 0.872. The predicted octanol–water partition coefficient (Wildman–Crippen LogP) is 3.47. The van der Waals surface area contributed by atoms with Crippen LogP contribution in [0.3, 0.4) is 0 Å². The number of hydrogen-bond donors (Lipinski definition) is 1. The van der Waals surface area contributed by atoms with Crippen LogP contribution in [0, 0.1) is 6.92 Å². The molecule has 106 valence electrons. The van der Waals surface area contributed by atoms with E-state index >= 15 is 0 Å². The highest BCUT2D eigenvalue weighted by Gasteiger charge is 2.00. The van der Waals surface area contributed by atoms with Gasteiger partial charge in [0.1, 0.15) is 12.4 Å². The summed E-state index contributed by atoms with van der Waals surface area (Å²) in [7, 11) is 0. The average molecular weight is 270 g/mol. The normalized spacial score (nSPS) is 10.8. The summed E-state index contributed by atoms with van der Waals surface area (Å²) < 4.78 is 5.80. The van der Waals surface area contributed by atoms with Crippen molar-refractivity contribution < 1.29 is 4.74 Å². The molecule has 2 aromatic rings. The van der Waals surface area contributed by atoms with Crippen LogP contribution in [0.15, 0.2) is 42.5 Å². The summed E-state index contributed by atoms with van der Waals surface area (Å²) in [5.41, 5.74) is 3.20. The number of aromatic nitrogens is 1. The number of nitrogens with zero attached hydrogens (tertiary/aromatic N) is 1. The van der Waals surface area contributed by atoms with Crippen molar-refractivity contribution in [1.82, 2.24) is 10.3 Å². The molecule has 3 heteroatoms. The Morgan fingerprint density at radius 3 is 2.70 bits per heavy atom. The van der Waals surface area contributed by atoms with Gasteiger partial charge in [-0.25, -0.2) is 0 Å². The molecule has 0 saturated carbocycles. The molecular formula is C17H22N2O. The Morgan fingerprint density at radius 1 is 1.15 bits per heavy atom. The van der Waals surface area contributed by atoms with Gasteiger partial charge in [0, 0.05) is 18.3 Å². The van der Waals surface area contributed by atoms with E-state index in [1.165, 1.54) is 5.56 Å². The summed E-state index contributed by atoms with van der Waals surface area (Å²) in [4.78, 5) is 4.43. The summed E-state index contributed by atoms with van der Waals surface area (Å²) in [5, 5.41) is 3.40. The molecule has 0 aliphatic carbocycles.